The molecule has 3 fully saturated rings. The molecule has 57 heavy (non-hydrogen) atoms. The quantitative estimate of drug-likeness (QED) is 0.175. The Hall–Kier alpha value is -4.77. The van der Waals surface area contributed by atoms with E-state index in [9.17, 15) is 29.1 Å². The zero-order chi connectivity index (χ0) is 40.3. The number of pyridine rings is 1. The second kappa shape index (κ2) is 17.4. The number of nitrogens with zero attached hydrogens (tertiary/aromatic N) is 3. The van der Waals surface area contributed by atoms with Crippen molar-refractivity contribution in [2.24, 2.45) is 5.92 Å². The number of hydrogen-bond donors (Lipinski definition) is 4. The van der Waals surface area contributed by atoms with Crippen LogP contribution in [0.1, 0.15) is 84.0 Å². The van der Waals surface area contributed by atoms with Gasteiger partial charge in [-0.2, -0.15) is 0 Å². The van der Waals surface area contributed by atoms with E-state index in [4.69, 9.17) is 19.2 Å². The largest absolute Gasteiger partial charge is 0.495 e. The van der Waals surface area contributed by atoms with Crippen LogP contribution in [0, 0.1) is 5.92 Å². The van der Waals surface area contributed by atoms with Gasteiger partial charge in [0.25, 0.3) is 0 Å². The molecule has 5 atom stereocenters. The first-order valence-electron chi connectivity index (χ1n) is 19.6. The fourth-order valence-corrected chi connectivity index (χ4v) is 9.23. The minimum absolute atomic E-state index is 0.0173. The molecule has 1 saturated heterocycles. The average Bonchev–Trinajstić information content (AvgIpc) is 3.62. The summed E-state index contributed by atoms with van der Waals surface area (Å²) in [5.74, 6) is -1.82. The van der Waals surface area contributed by atoms with Crippen molar-refractivity contribution in [1.82, 2.24) is 25.5 Å². The normalized spacial score (nSPS) is 25.4. The summed E-state index contributed by atoms with van der Waals surface area (Å²) in [6.45, 7) is 1.73. The number of hydrogen-bond acceptors (Lipinski definition) is 11. The SMILES string of the molecule is CCC(=O)Nc1nc(-c2cc(O[C@@H]3C[C@H]4C(=O)N[C@]5(C(=O)O)CC5C=CCCCCC[C@H](NC(=O)OC5CCCC5)C(=O)N4C3)c3ccc(OC)c(Br)c3n2)cs1. The fraction of sp³-hybridized carbons (Fsp3) is 0.525. The molecule has 0 bridgehead atoms. The molecule has 17 heteroatoms. The van der Waals surface area contributed by atoms with Crippen molar-refractivity contribution in [3.05, 3.63) is 40.2 Å². The number of nitrogens with one attached hydrogen (secondary N) is 3. The first-order valence-corrected chi connectivity index (χ1v) is 21.3. The molecule has 1 unspecified atom stereocenters. The van der Waals surface area contributed by atoms with Crippen molar-refractivity contribution in [3.8, 4) is 22.9 Å². The number of carboxylic acid groups (broad SMARTS) is 1. The second-order valence-corrected chi connectivity index (χ2v) is 16.7. The van der Waals surface area contributed by atoms with Gasteiger partial charge in [-0.1, -0.05) is 31.9 Å². The van der Waals surface area contributed by atoms with Crippen LogP contribution in [-0.4, -0.2) is 93.2 Å². The number of thiazole rings is 1. The number of methoxy groups -OCH3 is 1. The molecule has 2 aliphatic carbocycles. The number of ether oxygens (including phenoxy) is 3. The minimum Gasteiger partial charge on any atom is -0.495 e. The van der Waals surface area contributed by atoms with E-state index >= 15 is 0 Å². The Morgan fingerprint density at radius 3 is 2.60 bits per heavy atom. The maximum absolute atomic E-state index is 14.6. The van der Waals surface area contributed by atoms with Gasteiger partial charge in [0.15, 0.2) is 5.13 Å². The number of alkyl carbamates (subject to hydrolysis) is 1. The molecular weight excluding hydrogens is 820 g/mol. The van der Waals surface area contributed by atoms with E-state index in [1.54, 1.807) is 37.6 Å². The molecule has 304 valence electrons. The van der Waals surface area contributed by atoms with Crippen LogP contribution in [0.5, 0.6) is 11.5 Å². The molecule has 0 spiro atoms. The van der Waals surface area contributed by atoms with Gasteiger partial charge >= 0.3 is 12.1 Å². The summed E-state index contributed by atoms with van der Waals surface area (Å²) < 4.78 is 18.5. The Kier molecular flexibility index (Phi) is 12.3. The third-order valence-electron chi connectivity index (χ3n) is 11.2. The van der Waals surface area contributed by atoms with Crippen molar-refractivity contribution in [1.29, 1.82) is 0 Å². The molecule has 4 aliphatic rings. The van der Waals surface area contributed by atoms with Crippen LogP contribution in [0.15, 0.2) is 40.2 Å². The van der Waals surface area contributed by atoms with Crippen LogP contribution in [0.3, 0.4) is 0 Å². The summed E-state index contributed by atoms with van der Waals surface area (Å²) >= 11 is 4.88. The number of aliphatic carboxylic acids is 1. The van der Waals surface area contributed by atoms with E-state index in [-0.39, 0.29) is 37.3 Å². The molecular formula is C40H47BrN6O9S. The average molecular weight is 868 g/mol. The maximum Gasteiger partial charge on any atom is 0.408 e. The minimum atomic E-state index is -1.48. The molecule has 2 aromatic heterocycles. The van der Waals surface area contributed by atoms with E-state index < -0.39 is 47.6 Å². The van der Waals surface area contributed by atoms with Crippen molar-refractivity contribution in [2.45, 2.75) is 114 Å². The molecule has 7 rings (SSSR count). The number of aromatic nitrogens is 2. The number of allylic oxidation sites excluding steroid dienone is 1. The number of rotatable bonds is 9. The summed E-state index contributed by atoms with van der Waals surface area (Å²) in [6.07, 6.45) is 9.63. The van der Waals surface area contributed by atoms with Crippen LogP contribution in [0.25, 0.3) is 22.3 Å². The van der Waals surface area contributed by atoms with Crippen molar-refractivity contribution in [2.75, 3.05) is 19.0 Å². The second-order valence-electron chi connectivity index (χ2n) is 15.1. The lowest BCUT2D eigenvalue weighted by Gasteiger charge is -2.29. The van der Waals surface area contributed by atoms with Gasteiger partial charge in [-0.05, 0) is 79.4 Å². The van der Waals surface area contributed by atoms with Crippen LogP contribution < -0.4 is 25.4 Å². The summed E-state index contributed by atoms with van der Waals surface area (Å²) in [4.78, 5) is 77.5. The highest BCUT2D eigenvalue weighted by atomic mass is 79.9. The first kappa shape index (κ1) is 40.4. The number of fused-ring (bicyclic) bond motifs is 3. The van der Waals surface area contributed by atoms with Gasteiger partial charge in [0, 0.05) is 35.6 Å². The zero-order valence-electron chi connectivity index (χ0n) is 31.9. The molecule has 15 nitrogen and oxygen atoms in total. The van der Waals surface area contributed by atoms with E-state index in [0.29, 0.717) is 62.7 Å². The summed E-state index contributed by atoms with van der Waals surface area (Å²) in [5, 5.41) is 21.5. The monoisotopic (exact) mass is 866 g/mol. The predicted octanol–water partition coefficient (Wildman–Crippen LogP) is 6.34. The highest BCUT2D eigenvalue weighted by molar-refractivity contribution is 9.10. The standard InChI is InChI=1S/C40H47BrN6O9S/c1-3-32(48)45-38-43-28(21-57-38)27-18-31(25-15-16-30(54-2)33(41)34(25)42-27)55-24-17-29-35(49)46-40(37(51)52)19-22(40)11-7-5-4-6-8-14-26(36(50)47(29)20-24)44-39(53)56-23-12-9-10-13-23/h7,11,15-16,18,21-24,26,29H,3-6,8-10,12-14,17,19-20H2,1-2H3,(H,44,53)(H,46,49)(H,51,52)(H,43,45,48)/t22?,24-,26+,29+,40-/m1/s1. The van der Waals surface area contributed by atoms with Gasteiger partial charge in [0.05, 0.1) is 29.3 Å². The van der Waals surface area contributed by atoms with Gasteiger partial charge in [-0.25, -0.2) is 19.6 Å². The molecule has 4 amide bonds. The Bertz CT molecular complexity index is 2070. The lowest BCUT2D eigenvalue weighted by atomic mass is 10.0. The van der Waals surface area contributed by atoms with Crippen LogP contribution in [0.2, 0.25) is 0 Å². The van der Waals surface area contributed by atoms with Crippen molar-refractivity contribution >= 4 is 73.1 Å². The van der Waals surface area contributed by atoms with Gasteiger partial charge < -0.3 is 40.2 Å². The number of carbonyl (C=O) groups is 5. The molecule has 0 radical (unpaired) electrons. The molecule has 2 aliphatic heterocycles. The lowest BCUT2D eigenvalue weighted by Crippen LogP contribution is -2.56. The van der Waals surface area contributed by atoms with E-state index in [1.165, 1.54) is 16.2 Å². The molecule has 1 aromatic carbocycles. The predicted molar refractivity (Wildman–Crippen MR) is 215 cm³/mol. The first-order chi connectivity index (χ1) is 27.5. The van der Waals surface area contributed by atoms with Gasteiger partial charge in [0.2, 0.25) is 17.7 Å². The Balaban J connectivity index is 1.22. The maximum atomic E-state index is 14.6. The van der Waals surface area contributed by atoms with E-state index in [2.05, 4.69) is 36.9 Å². The molecule has 4 N–H and O–H groups in total. The number of benzene rings is 1. The van der Waals surface area contributed by atoms with Crippen molar-refractivity contribution < 1.29 is 43.3 Å². The number of amides is 4. The van der Waals surface area contributed by atoms with Crippen LogP contribution in [0.4, 0.5) is 9.93 Å². The molecule has 3 aromatic rings. The third kappa shape index (κ3) is 8.88. The summed E-state index contributed by atoms with van der Waals surface area (Å²) in [6, 6.07) is 3.23. The van der Waals surface area contributed by atoms with Crippen LogP contribution in [-0.2, 0) is 23.9 Å². The van der Waals surface area contributed by atoms with Gasteiger partial charge in [-0.3, -0.25) is 14.4 Å². The van der Waals surface area contributed by atoms with Gasteiger partial charge in [0.1, 0.15) is 47.0 Å². The Labute approximate surface area is 342 Å². The highest BCUT2D eigenvalue weighted by Crippen LogP contribution is 2.46. The van der Waals surface area contributed by atoms with Crippen LogP contribution >= 0.6 is 27.3 Å². The highest BCUT2D eigenvalue weighted by Gasteiger charge is 2.61. The number of carbonyl (C=O) groups excluding carboxylic acids is 4. The summed E-state index contributed by atoms with van der Waals surface area (Å²) in [5.41, 5.74) is -0.0270. The zero-order valence-corrected chi connectivity index (χ0v) is 34.3. The van der Waals surface area contributed by atoms with Crippen molar-refractivity contribution in [3.63, 3.8) is 0 Å². The third-order valence-corrected chi connectivity index (χ3v) is 12.7. The molecule has 2 saturated carbocycles. The Morgan fingerprint density at radius 1 is 1.05 bits per heavy atom. The lowest BCUT2D eigenvalue weighted by molar-refractivity contribution is -0.145. The fourth-order valence-electron chi connectivity index (χ4n) is 7.91. The summed E-state index contributed by atoms with van der Waals surface area (Å²) in [7, 11) is 1.54. The van der Waals surface area contributed by atoms with Gasteiger partial charge in [-0.15, -0.1) is 11.3 Å². The van der Waals surface area contributed by atoms with E-state index in [0.717, 1.165) is 44.9 Å². The number of anilines is 1. The Morgan fingerprint density at radius 2 is 1.84 bits per heavy atom. The molecule has 4 heterocycles. The number of halogens is 1. The smallest absolute Gasteiger partial charge is 0.408 e. The topological polar surface area (TPSA) is 198 Å². The van der Waals surface area contributed by atoms with E-state index in [1.807, 2.05) is 12.2 Å². The number of carboxylic acids is 1.